The molecule has 1 aliphatic heterocycles. The van der Waals surface area contributed by atoms with E-state index < -0.39 is 59.8 Å². The number of carbonyl (C=O) groups excluding carboxylic acids is 4. The van der Waals surface area contributed by atoms with Crippen molar-refractivity contribution in [3.05, 3.63) is 29.8 Å². The lowest BCUT2D eigenvalue weighted by molar-refractivity contribution is -0.150. The van der Waals surface area contributed by atoms with Crippen LogP contribution in [0.4, 0.5) is 19.3 Å². The number of amides is 4. The first-order chi connectivity index (χ1) is 13.7. The molecule has 0 bridgehead atoms. The predicted molar refractivity (Wildman–Crippen MR) is 96.6 cm³/mol. The molecule has 1 heterocycles. The van der Waals surface area contributed by atoms with E-state index in [1.165, 1.54) is 0 Å². The van der Waals surface area contributed by atoms with Crippen LogP contribution >= 0.6 is 0 Å². The molecule has 2 fully saturated rings. The van der Waals surface area contributed by atoms with Crippen LogP contribution in [0.3, 0.4) is 0 Å². The zero-order valence-corrected chi connectivity index (χ0v) is 15.8. The Morgan fingerprint density at radius 3 is 2.66 bits per heavy atom. The quantitative estimate of drug-likeness (QED) is 0.571. The van der Waals surface area contributed by atoms with Crippen molar-refractivity contribution in [2.45, 2.75) is 38.1 Å². The van der Waals surface area contributed by atoms with E-state index in [0.717, 1.165) is 35.9 Å². The Hall–Kier alpha value is -3.04. The minimum absolute atomic E-state index is 0.395. The van der Waals surface area contributed by atoms with E-state index in [4.69, 9.17) is 4.74 Å². The Morgan fingerprint density at radius 2 is 1.97 bits per heavy atom. The maximum Gasteiger partial charge on any atom is 0.326 e. The summed E-state index contributed by atoms with van der Waals surface area (Å²) in [6.07, 6.45) is 2.60. The molecule has 1 aromatic rings. The van der Waals surface area contributed by atoms with Gasteiger partial charge in [-0.1, -0.05) is 6.92 Å². The highest BCUT2D eigenvalue weighted by Crippen LogP contribution is 2.36. The van der Waals surface area contributed by atoms with Crippen LogP contribution in [0.15, 0.2) is 18.2 Å². The second-order valence-electron chi connectivity index (χ2n) is 7.42. The molecule has 156 valence electrons. The lowest BCUT2D eigenvalue weighted by Gasteiger charge is -2.33. The Bertz CT molecular complexity index is 852. The van der Waals surface area contributed by atoms with Gasteiger partial charge >= 0.3 is 12.0 Å². The van der Waals surface area contributed by atoms with Crippen molar-refractivity contribution in [1.29, 1.82) is 0 Å². The Kier molecular flexibility index (Phi) is 5.81. The molecule has 0 unspecified atom stereocenters. The van der Waals surface area contributed by atoms with E-state index in [0.29, 0.717) is 18.8 Å². The topological polar surface area (TPSA) is 105 Å². The van der Waals surface area contributed by atoms with Crippen LogP contribution in [0.25, 0.3) is 0 Å². The van der Waals surface area contributed by atoms with Gasteiger partial charge in [-0.15, -0.1) is 0 Å². The maximum absolute atomic E-state index is 13.5. The van der Waals surface area contributed by atoms with E-state index in [-0.39, 0.29) is 0 Å². The minimum Gasteiger partial charge on any atom is -0.454 e. The van der Waals surface area contributed by atoms with Gasteiger partial charge in [0.1, 0.15) is 23.7 Å². The fourth-order valence-electron chi connectivity index (χ4n) is 3.51. The molecule has 2 aliphatic rings. The van der Waals surface area contributed by atoms with E-state index in [9.17, 15) is 28.0 Å². The van der Waals surface area contributed by atoms with Gasteiger partial charge in [-0.3, -0.25) is 19.3 Å². The zero-order chi connectivity index (χ0) is 21.2. The summed E-state index contributed by atoms with van der Waals surface area (Å²) < 4.78 is 31.4. The Morgan fingerprint density at radius 1 is 1.28 bits per heavy atom. The summed E-state index contributed by atoms with van der Waals surface area (Å²) in [4.78, 5) is 49.4. The first-order valence-electron chi connectivity index (χ1n) is 9.25. The molecule has 1 saturated carbocycles. The number of halogens is 2. The maximum atomic E-state index is 13.5. The highest BCUT2D eigenvalue weighted by atomic mass is 19.1. The molecule has 1 aliphatic carbocycles. The largest absolute Gasteiger partial charge is 0.454 e. The van der Waals surface area contributed by atoms with Gasteiger partial charge in [0.2, 0.25) is 0 Å². The lowest BCUT2D eigenvalue weighted by Crippen LogP contribution is -2.49. The molecule has 1 saturated heterocycles. The molecular formula is C19H21F2N3O5. The number of anilines is 1. The SMILES string of the molecule is CC1CCC2(CC1)NC(=O)N(CC(=O)OCC(=O)Nc1cc(F)ccc1F)C2=O. The average Bonchev–Trinajstić information content (AvgIpc) is 2.90. The Balaban J connectivity index is 1.51. The number of rotatable bonds is 5. The highest BCUT2D eigenvalue weighted by Gasteiger charge is 2.52. The highest BCUT2D eigenvalue weighted by molar-refractivity contribution is 6.08. The smallest absolute Gasteiger partial charge is 0.326 e. The molecule has 0 radical (unpaired) electrons. The molecule has 29 heavy (non-hydrogen) atoms. The summed E-state index contributed by atoms with van der Waals surface area (Å²) in [6.45, 7) is 0.661. The summed E-state index contributed by atoms with van der Waals surface area (Å²) in [7, 11) is 0. The van der Waals surface area contributed by atoms with Crippen LogP contribution in [0.1, 0.15) is 32.6 Å². The molecule has 4 amide bonds. The number of carbonyl (C=O) groups is 4. The van der Waals surface area contributed by atoms with Crippen LogP contribution in [0, 0.1) is 17.6 Å². The summed E-state index contributed by atoms with van der Waals surface area (Å²) in [5.74, 6) is -3.47. The van der Waals surface area contributed by atoms with Gasteiger partial charge in [-0.05, 0) is 43.7 Å². The van der Waals surface area contributed by atoms with E-state index in [1.54, 1.807) is 0 Å². The van der Waals surface area contributed by atoms with E-state index in [1.807, 2.05) is 0 Å². The number of ether oxygens (including phenoxy) is 1. The lowest BCUT2D eigenvalue weighted by atomic mass is 9.77. The molecule has 3 rings (SSSR count). The number of esters is 1. The van der Waals surface area contributed by atoms with Gasteiger partial charge < -0.3 is 15.4 Å². The van der Waals surface area contributed by atoms with Crippen LogP contribution in [0.2, 0.25) is 0 Å². The second kappa shape index (κ2) is 8.14. The van der Waals surface area contributed by atoms with Crippen LogP contribution in [-0.2, 0) is 19.1 Å². The third-order valence-electron chi connectivity index (χ3n) is 5.23. The molecule has 8 nitrogen and oxygen atoms in total. The molecule has 2 N–H and O–H groups in total. The summed E-state index contributed by atoms with van der Waals surface area (Å²) in [6, 6.07) is 1.85. The van der Waals surface area contributed by atoms with Crippen molar-refractivity contribution in [3.63, 3.8) is 0 Å². The van der Waals surface area contributed by atoms with Crippen LogP contribution < -0.4 is 10.6 Å². The van der Waals surface area contributed by atoms with Crippen molar-refractivity contribution >= 4 is 29.5 Å². The monoisotopic (exact) mass is 409 g/mol. The van der Waals surface area contributed by atoms with E-state index in [2.05, 4.69) is 17.6 Å². The van der Waals surface area contributed by atoms with E-state index >= 15 is 0 Å². The molecular weight excluding hydrogens is 388 g/mol. The molecule has 0 atom stereocenters. The van der Waals surface area contributed by atoms with Crippen molar-refractivity contribution in [3.8, 4) is 0 Å². The van der Waals surface area contributed by atoms with Crippen LogP contribution in [0.5, 0.6) is 0 Å². The van der Waals surface area contributed by atoms with Gasteiger partial charge in [0.25, 0.3) is 11.8 Å². The number of imide groups is 1. The number of nitrogens with zero attached hydrogens (tertiary/aromatic N) is 1. The summed E-state index contributed by atoms with van der Waals surface area (Å²) in [5, 5.41) is 4.75. The molecule has 10 heteroatoms. The number of hydrogen-bond donors (Lipinski definition) is 2. The average molecular weight is 409 g/mol. The van der Waals surface area contributed by atoms with Gasteiger partial charge in [0.05, 0.1) is 5.69 Å². The van der Waals surface area contributed by atoms with Gasteiger partial charge in [0, 0.05) is 6.07 Å². The van der Waals surface area contributed by atoms with Crippen LogP contribution in [-0.4, -0.2) is 47.4 Å². The van der Waals surface area contributed by atoms with Gasteiger partial charge in [0.15, 0.2) is 6.61 Å². The molecule has 0 aromatic heterocycles. The molecule has 1 aromatic carbocycles. The van der Waals surface area contributed by atoms with Crippen molar-refractivity contribution in [1.82, 2.24) is 10.2 Å². The number of benzene rings is 1. The van der Waals surface area contributed by atoms with Gasteiger partial charge in [-0.25, -0.2) is 13.6 Å². The first kappa shape index (κ1) is 20.7. The summed E-state index contributed by atoms with van der Waals surface area (Å²) in [5.41, 5.74) is -1.37. The first-order valence-corrected chi connectivity index (χ1v) is 9.25. The van der Waals surface area contributed by atoms with Crippen molar-refractivity contribution < 1.29 is 32.7 Å². The third-order valence-corrected chi connectivity index (χ3v) is 5.23. The normalized spacial score (nSPS) is 23.8. The molecule has 1 spiro atoms. The Labute approximate surface area is 165 Å². The second-order valence-corrected chi connectivity index (χ2v) is 7.42. The van der Waals surface area contributed by atoms with Gasteiger partial charge in [-0.2, -0.15) is 0 Å². The predicted octanol–water partition coefficient (Wildman–Crippen LogP) is 1.95. The third kappa shape index (κ3) is 4.52. The number of urea groups is 1. The van der Waals surface area contributed by atoms with Crippen molar-refractivity contribution in [2.75, 3.05) is 18.5 Å². The standard InChI is InChI=1S/C19H21F2N3O5/c1-11-4-6-19(7-5-11)17(27)24(18(28)23-19)9-16(26)29-10-15(25)22-14-8-12(20)2-3-13(14)21/h2-3,8,11H,4-7,9-10H2,1H3,(H,22,25)(H,23,28). The number of hydrogen-bond acceptors (Lipinski definition) is 5. The fourth-order valence-corrected chi connectivity index (χ4v) is 3.51. The minimum atomic E-state index is -0.976. The zero-order valence-electron chi connectivity index (χ0n) is 15.8. The fraction of sp³-hybridized carbons (Fsp3) is 0.474. The summed E-state index contributed by atoms with van der Waals surface area (Å²) >= 11 is 0. The number of nitrogens with one attached hydrogen (secondary N) is 2. The van der Waals surface area contributed by atoms with Crippen molar-refractivity contribution in [2.24, 2.45) is 5.92 Å².